The van der Waals surface area contributed by atoms with Crippen LogP contribution in [0.1, 0.15) is 0 Å². The molecule has 0 radical (unpaired) electrons. The quantitative estimate of drug-likeness (QED) is 0.674. The molecule has 1 aromatic heterocycles. The van der Waals surface area contributed by atoms with E-state index in [4.69, 9.17) is 5.11 Å². The Balaban J connectivity index is 1.98. The number of aliphatic hydroxyl groups excluding tert-OH is 1. The van der Waals surface area contributed by atoms with Crippen molar-refractivity contribution >= 4 is 5.91 Å². The predicted octanol–water partition coefficient (Wildman–Crippen LogP) is -2.32. The maximum absolute atomic E-state index is 12.2. The number of hydrogen-bond acceptors (Lipinski definition) is 5. The fourth-order valence-electron chi connectivity index (χ4n) is 2.34. The van der Waals surface area contributed by atoms with E-state index in [0.29, 0.717) is 32.7 Å². The third-order valence-electron chi connectivity index (χ3n) is 3.71. The highest BCUT2D eigenvalue weighted by Crippen LogP contribution is 2.02. The Bertz CT molecular complexity index is 613. The topological polar surface area (TPSA) is 87.8 Å². The van der Waals surface area contributed by atoms with Crippen molar-refractivity contribution in [2.24, 2.45) is 7.05 Å². The molecule has 2 rings (SSSR count). The van der Waals surface area contributed by atoms with Gasteiger partial charge in [0, 0.05) is 52.0 Å². The molecule has 1 aliphatic heterocycles. The molecule has 0 saturated carbocycles. The SMILES string of the molecule is Cn1c(=O)ccn(CC(=O)N2CCN(CCO)CC2)c1=O. The molecular weight excluding hydrogens is 276 g/mol. The Morgan fingerprint density at radius 1 is 1.24 bits per heavy atom. The van der Waals surface area contributed by atoms with E-state index in [1.165, 1.54) is 23.9 Å². The van der Waals surface area contributed by atoms with Crippen LogP contribution in [0.4, 0.5) is 0 Å². The molecule has 8 heteroatoms. The summed E-state index contributed by atoms with van der Waals surface area (Å²) in [6.07, 6.45) is 1.35. The lowest BCUT2D eigenvalue weighted by molar-refractivity contribution is -0.133. The van der Waals surface area contributed by atoms with Crippen LogP contribution in [0.25, 0.3) is 0 Å². The van der Waals surface area contributed by atoms with Crippen LogP contribution in [0.3, 0.4) is 0 Å². The molecule has 21 heavy (non-hydrogen) atoms. The molecule has 1 saturated heterocycles. The lowest BCUT2D eigenvalue weighted by atomic mass is 10.3. The van der Waals surface area contributed by atoms with Crippen LogP contribution >= 0.6 is 0 Å². The summed E-state index contributed by atoms with van der Waals surface area (Å²) in [5.41, 5.74) is -0.879. The average Bonchev–Trinajstić information content (AvgIpc) is 2.49. The van der Waals surface area contributed by atoms with E-state index in [9.17, 15) is 14.4 Å². The normalized spacial score (nSPS) is 16.2. The van der Waals surface area contributed by atoms with Crippen molar-refractivity contribution in [3.8, 4) is 0 Å². The van der Waals surface area contributed by atoms with E-state index in [1.54, 1.807) is 4.90 Å². The van der Waals surface area contributed by atoms with Crippen LogP contribution in [-0.4, -0.2) is 69.3 Å². The van der Waals surface area contributed by atoms with E-state index in [2.05, 4.69) is 4.90 Å². The van der Waals surface area contributed by atoms with Gasteiger partial charge in [-0.05, 0) is 0 Å². The number of carbonyl (C=O) groups excluding carboxylic acids is 1. The standard InChI is InChI=1S/C13H20N4O4/c1-14-11(19)2-3-17(13(14)21)10-12(20)16-6-4-15(5-7-16)8-9-18/h2-3,18H,4-10H2,1H3. The molecule has 116 valence electrons. The molecule has 2 heterocycles. The second kappa shape index (κ2) is 6.68. The number of carbonyl (C=O) groups is 1. The zero-order chi connectivity index (χ0) is 15.4. The van der Waals surface area contributed by atoms with Crippen molar-refractivity contribution in [3.63, 3.8) is 0 Å². The summed E-state index contributed by atoms with van der Waals surface area (Å²) in [4.78, 5) is 39.1. The molecule has 8 nitrogen and oxygen atoms in total. The van der Waals surface area contributed by atoms with Crippen molar-refractivity contribution < 1.29 is 9.90 Å². The fourth-order valence-corrected chi connectivity index (χ4v) is 2.34. The average molecular weight is 296 g/mol. The van der Waals surface area contributed by atoms with Crippen molar-refractivity contribution in [1.29, 1.82) is 0 Å². The number of β-amino-alcohol motifs (C(OH)–C–C–N with tert-alkyl or cyclic N) is 1. The van der Waals surface area contributed by atoms with Gasteiger partial charge in [-0.2, -0.15) is 0 Å². The number of amides is 1. The first-order valence-electron chi connectivity index (χ1n) is 6.90. The van der Waals surface area contributed by atoms with Crippen LogP contribution in [-0.2, 0) is 18.4 Å². The Labute approximate surface area is 121 Å². The zero-order valence-electron chi connectivity index (χ0n) is 12.1. The molecule has 0 bridgehead atoms. The smallest absolute Gasteiger partial charge is 0.331 e. The van der Waals surface area contributed by atoms with E-state index in [-0.39, 0.29) is 24.6 Å². The van der Waals surface area contributed by atoms with Gasteiger partial charge in [-0.15, -0.1) is 0 Å². The number of rotatable bonds is 4. The third-order valence-corrected chi connectivity index (χ3v) is 3.71. The van der Waals surface area contributed by atoms with Gasteiger partial charge in [0.2, 0.25) is 5.91 Å². The van der Waals surface area contributed by atoms with Gasteiger partial charge in [0.15, 0.2) is 0 Å². The molecule has 0 atom stereocenters. The van der Waals surface area contributed by atoms with Gasteiger partial charge in [-0.1, -0.05) is 0 Å². The zero-order valence-corrected chi connectivity index (χ0v) is 12.1. The maximum atomic E-state index is 12.2. The largest absolute Gasteiger partial charge is 0.395 e. The summed E-state index contributed by atoms with van der Waals surface area (Å²) in [5, 5.41) is 8.88. The highest BCUT2D eigenvalue weighted by atomic mass is 16.3. The summed E-state index contributed by atoms with van der Waals surface area (Å²) in [6.45, 7) is 3.26. The first-order valence-corrected chi connectivity index (χ1v) is 6.90. The fraction of sp³-hybridized carbons (Fsp3) is 0.615. The van der Waals surface area contributed by atoms with Crippen LogP contribution in [0.15, 0.2) is 21.9 Å². The van der Waals surface area contributed by atoms with Crippen molar-refractivity contribution in [3.05, 3.63) is 33.1 Å². The first-order chi connectivity index (χ1) is 10.0. The summed E-state index contributed by atoms with van der Waals surface area (Å²) in [6, 6.07) is 1.27. The van der Waals surface area contributed by atoms with Gasteiger partial charge in [0.25, 0.3) is 5.56 Å². The number of piperazine rings is 1. The second-order valence-corrected chi connectivity index (χ2v) is 5.07. The minimum absolute atomic E-state index is 0.0625. The van der Waals surface area contributed by atoms with Gasteiger partial charge in [-0.3, -0.25) is 23.6 Å². The minimum atomic E-state index is -0.491. The maximum Gasteiger partial charge on any atom is 0.331 e. The van der Waals surface area contributed by atoms with E-state index < -0.39 is 5.69 Å². The minimum Gasteiger partial charge on any atom is -0.395 e. The van der Waals surface area contributed by atoms with E-state index in [0.717, 1.165) is 4.57 Å². The highest BCUT2D eigenvalue weighted by Gasteiger charge is 2.21. The molecule has 0 unspecified atom stereocenters. The number of hydrogen-bond donors (Lipinski definition) is 1. The lowest BCUT2D eigenvalue weighted by Gasteiger charge is -2.34. The summed E-state index contributed by atoms with van der Waals surface area (Å²) in [7, 11) is 1.39. The summed E-state index contributed by atoms with van der Waals surface area (Å²) >= 11 is 0. The molecule has 0 aliphatic carbocycles. The van der Waals surface area contributed by atoms with Gasteiger partial charge in [0.05, 0.1) is 6.61 Å². The van der Waals surface area contributed by atoms with Gasteiger partial charge >= 0.3 is 5.69 Å². The van der Waals surface area contributed by atoms with Gasteiger partial charge in [-0.25, -0.2) is 4.79 Å². The number of aromatic nitrogens is 2. The summed E-state index contributed by atoms with van der Waals surface area (Å²) in [5.74, 6) is -0.139. The molecular formula is C13H20N4O4. The Hall–Kier alpha value is -1.93. The third kappa shape index (κ3) is 3.59. The number of nitrogens with zero attached hydrogens (tertiary/aromatic N) is 4. The Kier molecular flexibility index (Phi) is 4.92. The molecule has 1 aromatic rings. The molecule has 0 spiro atoms. The monoisotopic (exact) mass is 296 g/mol. The Morgan fingerprint density at radius 3 is 2.52 bits per heavy atom. The highest BCUT2D eigenvalue weighted by molar-refractivity contribution is 5.76. The van der Waals surface area contributed by atoms with Crippen LogP contribution in [0.5, 0.6) is 0 Å². The first kappa shape index (κ1) is 15.5. The van der Waals surface area contributed by atoms with Crippen LogP contribution in [0, 0.1) is 0 Å². The molecule has 0 aromatic carbocycles. The lowest BCUT2D eigenvalue weighted by Crippen LogP contribution is -2.51. The molecule has 1 N–H and O–H groups in total. The van der Waals surface area contributed by atoms with Gasteiger partial charge in [0.1, 0.15) is 6.54 Å². The second-order valence-electron chi connectivity index (χ2n) is 5.07. The molecule has 1 fully saturated rings. The molecule has 1 amide bonds. The van der Waals surface area contributed by atoms with Gasteiger partial charge < -0.3 is 10.0 Å². The van der Waals surface area contributed by atoms with Crippen LogP contribution in [0.2, 0.25) is 0 Å². The van der Waals surface area contributed by atoms with E-state index in [1.807, 2.05) is 0 Å². The Morgan fingerprint density at radius 2 is 1.90 bits per heavy atom. The van der Waals surface area contributed by atoms with Crippen molar-refractivity contribution in [2.45, 2.75) is 6.54 Å². The molecule has 1 aliphatic rings. The van der Waals surface area contributed by atoms with Crippen molar-refractivity contribution in [2.75, 3.05) is 39.3 Å². The van der Waals surface area contributed by atoms with E-state index >= 15 is 0 Å². The van der Waals surface area contributed by atoms with Crippen LogP contribution < -0.4 is 11.2 Å². The number of aliphatic hydroxyl groups is 1. The summed E-state index contributed by atoms with van der Waals surface area (Å²) < 4.78 is 2.22. The van der Waals surface area contributed by atoms with Crippen molar-refractivity contribution in [1.82, 2.24) is 18.9 Å². The predicted molar refractivity (Wildman–Crippen MR) is 76.0 cm³/mol.